The number of carbonyl (C=O) groups excluding carboxylic acids is 5. The van der Waals surface area contributed by atoms with Crippen LogP contribution in [-0.2, 0) is 32.1 Å². The Hall–Kier alpha value is -3.93. The van der Waals surface area contributed by atoms with Gasteiger partial charge in [-0.15, -0.1) is 0 Å². The van der Waals surface area contributed by atoms with Gasteiger partial charge in [0.15, 0.2) is 34.7 Å². The first kappa shape index (κ1) is 31.5. The zero-order valence-corrected chi connectivity index (χ0v) is 25.6. The molecule has 3 aliphatic carbocycles. The maximum absolute atomic E-state index is 14.1. The smallest absolute Gasteiger partial charge is 0.235 e. The van der Waals surface area contributed by atoms with Crippen LogP contribution < -0.4 is 10.5 Å². The minimum Gasteiger partial charge on any atom is -0.507 e. The van der Waals surface area contributed by atoms with Crippen molar-refractivity contribution in [3.05, 3.63) is 47.0 Å². The Morgan fingerprint density at radius 1 is 1.05 bits per heavy atom. The van der Waals surface area contributed by atoms with Gasteiger partial charge in [0.2, 0.25) is 5.91 Å². The van der Waals surface area contributed by atoms with E-state index in [1.165, 1.54) is 11.0 Å². The molecule has 6 atom stereocenters. The van der Waals surface area contributed by atoms with Crippen molar-refractivity contribution >= 4 is 29.0 Å². The molecule has 2 aromatic carbocycles. The van der Waals surface area contributed by atoms with Crippen LogP contribution in [0.25, 0.3) is 11.1 Å². The number of fused-ring (bicyclic) bond motifs is 3. The molecule has 234 valence electrons. The SMILES string of the molecule is CCN(CC)Cc1ccc(OC)c(-c2ccc(O)c3c2C[C@@H]2C[C@@H]4[C@@H](N(C)C)C(=O)C(C(N)=O)C(=O)[C@]4(O)C(=O)C2C3=O)c1. The van der Waals surface area contributed by atoms with Gasteiger partial charge in [0.25, 0.3) is 0 Å². The second-order valence-electron chi connectivity index (χ2n) is 12.3. The van der Waals surface area contributed by atoms with Gasteiger partial charge in [0.1, 0.15) is 11.5 Å². The van der Waals surface area contributed by atoms with Crippen LogP contribution in [0.4, 0.5) is 0 Å². The molecule has 5 rings (SSSR count). The third-order valence-electron chi connectivity index (χ3n) is 9.80. The fourth-order valence-corrected chi connectivity index (χ4v) is 7.63. The minimum absolute atomic E-state index is 0.0157. The van der Waals surface area contributed by atoms with Crippen LogP contribution >= 0.6 is 0 Å². The van der Waals surface area contributed by atoms with E-state index < -0.39 is 64.4 Å². The zero-order chi connectivity index (χ0) is 32.2. The number of amides is 1. The number of likely N-dealkylation sites (N-methyl/N-ethyl adjacent to an activating group) is 1. The molecule has 0 aromatic heterocycles. The Bertz CT molecular complexity index is 1560. The largest absolute Gasteiger partial charge is 0.507 e. The van der Waals surface area contributed by atoms with Crippen LogP contribution in [0, 0.1) is 23.7 Å². The Morgan fingerprint density at radius 3 is 2.32 bits per heavy atom. The van der Waals surface area contributed by atoms with Gasteiger partial charge >= 0.3 is 0 Å². The number of rotatable bonds is 8. The molecule has 11 nitrogen and oxygen atoms in total. The highest BCUT2D eigenvalue weighted by Crippen LogP contribution is 2.52. The van der Waals surface area contributed by atoms with E-state index in [1.54, 1.807) is 27.3 Å². The second-order valence-corrected chi connectivity index (χ2v) is 12.3. The van der Waals surface area contributed by atoms with E-state index in [-0.39, 0.29) is 24.2 Å². The molecular weight excluding hydrogens is 566 g/mol. The molecule has 2 aromatic rings. The molecule has 0 heterocycles. The van der Waals surface area contributed by atoms with Gasteiger partial charge in [-0.1, -0.05) is 26.0 Å². The van der Waals surface area contributed by atoms with E-state index in [1.807, 2.05) is 18.2 Å². The molecule has 44 heavy (non-hydrogen) atoms. The van der Waals surface area contributed by atoms with Gasteiger partial charge in [0, 0.05) is 18.0 Å². The summed E-state index contributed by atoms with van der Waals surface area (Å²) in [7, 11) is 4.67. The van der Waals surface area contributed by atoms with Crippen molar-refractivity contribution in [1.29, 1.82) is 0 Å². The number of ether oxygens (including phenoxy) is 1. The second kappa shape index (κ2) is 11.5. The summed E-state index contributed by atoms with van der Waals surface area (Å²) in [4.78, 5) is 70.9. The van der Waals surface area contributed by atoms with Crippen molar-refractivity contribution in [2.75, 3.05) is 34.3 Å². The highest BCUT2D eigenvalue weighted by Gasteiger charge is 2.69. The highest BCUT2D eigenvalue weighted by molar-refractivity contribution is 6.32. The Labute approximate surface area is 256 Å². The number of phenolic OH excluding ortho intramolecular Hbond substituents is 1. The van der Waals surface area contributed by atoms with Gasteiger partial charge in [-0.2, -0.15) is 0 Å². The molecule has 0 aliphatic heterocycles. The lowest BCUT2D eigenvalue weighted by molar-refractivity contribution is -0.181. The number of hydrogen-bond donors (Lipinski definition) is 3. The molecule has 0 bridgehead atoms. The minimum atomic E-state index is -2.76. The quantitative estimate of drug-likeness (QED) is 0.374. The van der Waals surface area contributed by atoms with Gasteiger partial charge in [-0.25, -0.2) is 0 Å². The number of aliphatic hydroxyl groups is 1. The maximum atomic E-state index is 14.1. The first-order valence-electron chi connectivity index (χ1n) is 14.9. The topological polar surface area (TPSA) is 168 Å². The van der Waals surface area contributed by atoms with E-state index in [2.05, 4.69) is 18.7 Å². The summed E-state index contributed by atoms with van der Waals surface area (Å²) < 4.78 is 5.70. The normalized spacial score (nSPS) is 28.1. The van der Waals surface area contributed by atoms with Crippen LogP contribution in [0.3, 0.4) is 0 Å². The summed E-state index contributed by atoms with van der Waals surface area (Å²) in [6.07, 6.45) is 0.150. The summed E-state index contributed by atoms with van der Waals surface area (Å²) in [6.45, 7) is 6.60. The van der Waals surface area contributed by atoms with Crippen LogP contribution in [-0.4, -0.2) is 95.0 Å². The standard InChI is InChI=1S/C33H39N3O8/c1-6-36(7-2)15-16-8-11-23(44-5)19(12-16)18-9-10-22(37)25-20(18)13-17-14-21-27(35(3)4)29(39)26(32(34)42)31(41)33(21,43)30(40)24(17)28(25)38/h8-12,17,21,24,26-27,37,43H,6-7,13-15H2,1-5H3,(H2,34,42)/t17-,21-,24?,26?,27-,33-/m1/s1. The van der Waals surface area contributed by atoms with E-state index in [4.69, 9.17) is 10.5 Å². The van der Waals surface area contributed by atoms with E-state index in [9.17, 15) is 34.2 Å². The van der Waals surface area contributed by atoms with Gasteiger partial charge in [-0.3, -0.25) is 33.8 Å². The number of benzene rings is 2. The Morgan fingerprint density at radius 2 is 1.73 bits per heavy atom. The van der Waals surface area contributed by atoms with E-state index in [0.717, 1.165) is 24.2 Å². The highest BCUT2D eigenvalue weighted by atomic mass is 16.5. The zero-order valence-electron chi connectivity index (χ0n) is 25.6. The average molecular weight is 606 g/mol. The van der Waals surface area contributed by atoms with Crippen molar-refractivity contribution in [3.8, 4) is 22.6 Å². The summed E-state index contributed by atoms with van der Waals surface area (Å²) in [5, 5.41) is 22.7. The van der Waals surface area contributed by atoms with Crippen LogP contribution in [0.15, 0.2) is 30.3 Å². The first-order valence-corrected chi connectivity index (χ1v) is 14.9. The molecule has 1 amide bonds. The number of nitrogens with zero attached hydrogens (tertiary/aromatic N) is 2. The molecule has 3 aliphatic rings. The van der Waals surface area contributed by atoms with Gasteiger partial charge in [-0.05, 0) is 80.8 Å². The van der Waals surface area contributed by atoms with Crippen LogP contribution in [0.2, 0.25) is 0 Å². The third kappa shape index (κ3) is 4.65. The molecular formula is C33H39N3O8. The van der Waals surface area contributed by atoms with Crippen molar-refractivity contribution in [2.24, 2.45) is 29.4 Å². The molecule has 0 radical (unpaired) electrons. The first-order chi connectivity index (χ1) is 20.8. The Balaban J connectivity index is 1.64. The predicted molar refractivity (Wildman–Crippen MR) is 160 cm³/mol. The fraction of sp³-hybridized carbons (Fsp3) is 0.485. The van der Waals surface area contributed by atoms with Crippen molar-refractivity contribution < 1.29 is 38.9 Å². The number of carbonyl (C=O) groups is 5. The Kier molecular flexibility index (Phi) is 8.25. The summed E-state index contributed by atoms with van der Waals surface area (Å²) >= 11 is 0. The maximum Gasteiger partial charge on any atom is 0.235 e. The average Bonchev–Trinajstić information content (AvgIpc) is 2.97. The monoisotopic (exact) mass is 605 g/mol. The number of phenols is 1. The summed E-state index contributed by atoms with van der Waals surface area (Å²) in [5.74, 6) is -10.2. The lowest BCUT2D eigenvalue weighted by Crippen LogP contribution is -2.74. The van der Waals surface area contributed by atoms with Crippen molar-refractivity contribution in [2.45, 2.75) is 44.9 Å². The number of aromatic hydroxyl groups is 1. The van der Waals surface area contributed by atoms with Crippen LogP contribution in [0.5, 0.6) is 11.5 Å². The lowest BCUT2D eigenvalue weighted by atomic mass is 9.52. The molecule has 4 N–H and O–H groups in total. The molecule has 0 saturated heterocycles. The third-order valence-corrected chi connectivity index (χ3v) is 9.80. The summed E-state index contributed by atoms with van der Waals surface area (Å²) in [5.41, 5.74) is 5.52. The predicted octanol–water partition coefficient (Wildman–Crippen LogP) is 1.38. The molecule has 2 unspecified atom stereocenters. The van der Waals surface area contributed by atoms with Crippen molar-refractivity contribution in [1.82, 2.24) is 9.80 Å². The van der Waals surface area contributed by atoms with Crippen LogP contribution in [0.1, 0.15) is 41.8 Å². The number of hydrogen-bond acceptors (Lipinski definition) is 10. The summed E-state index contributed by atoms with van der Waals surface area (Å²) in [6, 6.07) is 7.79. The molecule has 2 fully saturated rings. The molecule has 11 heteroatoms. The number of ketones is 4. The van der Waals surface area contributed by atoms with Gasteiger partial charge < -0.3 is 20.7 Å². The van der Waals surface area contributed by atoms with E-state index >= 15 is 0 Å². The lowest BCUT2D eigenvalue weighted by Gasteiger charge is -2.52. The molecule has 2 saturated carbocycles. The number of methoxy groups -OCH3 is 1. The van der Waals surface area contributed by atoms with Crippen molar-refractivity contribution in [3.63, 3.8) is 0 Å². The fourth-order valence-electron chi connectivity index (χ4n) is 7.63. The van der Waals surface area contributed by atoms with E-state index in [0.29, 0.717) is 23.4 Å². The molecule has 0 spiro atoms. The number of primary amides is 1. The number of nitrogens with two attached hydrogens (primary N) is 1. The van der Waals surface area contributed by atoms with Gasteiger partial charge in [0.05, 0.1) is 24.6 Å². The number of Topliss-reactive ketones (excluding diaryl/α,β-unsaturated/α-hetero) is 4.